The van der Waals surface area contributed by atoms with Crippen molar-refractivity contribution in [2.45, 2.75) is 13.3 Å². The molecule has 0 aliphatic carbocycles. The van der Waals surface area contributed by atoms with Crippen molar-refractivity contribution in [1.29, 1.82) is 0 Å². The summed E-state index contributed by atoms with van der Waals surface area (Å²) in [5, 5.41) is 3.40. The Morgan fingerprint density at radius 1 is 0.333 bits per heavy atom. The fraction of sp³-hybridized carbons (Fsp3) is 0.0282. The molecule has 11 aromatic carbocycles. The van der Waals surface area contributed by atoms with Crippen LogP contribution in [0.25, 0.3) is 128 Å². The van der Waals surface area contributed by atoms with Crippen LogP contribution in [0.1, 0.15) is 18.1 Å². The first-order valence-electron chi connectivity index (χ1n) is 24.9. The van der Waals surface area contributed by atoms with E-state index in [1.165, 1.54) is 55.5 Å². The minimum atomic E-state index is 0.897. The van der Waals surface area contributed by atoms with E-state index >= 15 is 0 Å². The minimum Gasteiger partial charge on any atom is -0.246 e. The van der Waals surface area contributed by atoms with Crippen LogP contribution < -0.4 is 0 Å². The van der Waals surface area contributed by atoms with Gasteiger partial charge in [-0.2, -0.15) is 0 Å². The summed E-state index contributed by atoms with van der Waals surface area (Å²) >= 11 is 0. The molecule has 0 saturated carbocycles. The van der Waals surface area contributed by atoms with Gasteiger partial charge in [-0.1, -0.05) is 220 Å². The van der Waals surface area contributed by atoms with Crippen molar-refractivity contribution < 1.29 is 0 Å². The molecule has 72 heavy (non-hydrogen) atoms. The Bertz CT molecular complexity index is 3690. The number of aryl methyl sites for hydroxylation is 1. The molecule has 1 aromatic heterocycles. The van der Waals surface area contributed by atoms with Gasteiger partial charge in [0, 0.05) is 27.5 Å². The third-order valence-corrected chi connectivity index (χ3v) is 14.2. The summed E-state index contributed by atoms with van der Waals surface area (Å²) in [6, 6.07) is 95.1. The predicted octanol–water partition coefficient (Wildman–Crippen LogP) is 19.6. The number of pyridine rings is 1. The maximum Gasteiger partial charge on any atom is 0.0794 e. The lowest BCUT2D eigenvalue weighted by atomic mass is 9.86. The number of fused-ring (bicyclic) bond motifs is 3. The van der Waals surface area contributed by atoms with E-state index in [1.54, 1.807) is 0 Å². The first-order valence-corrected chi connectivity index (χ1v) is 24.9. The average molecular weight is 918 g/mol. The van der Waals surface area contributed by atoms with Gasteiger partial charge in [-0.05, 0) is 161 Å². The highest BCUT2D eigenvalue weighted by Gasteiger charge is 2.21. The molecule has 1 nitrogen and oxygen atoms in total. The number of nitrogens with zero attached hydrogens (tertiary/aromatic N) is 1. The normalized spacial score (nSPS) is 11.2. The smallest absolute Gasteiger partial charge is 0.0794 e. The zero-order valence-corrected chi connectivity index (χ0v) is 40.3. The molecule has 0 aliphatic heterocycles. The summed E-state index contributed by atoms with van der Waals surface area (Å²) in [6.45, 7) is 6.69. The second kappa shape index (κ2) is 19.3. The van der Waals surface area contributed by atoms with Gasteiger partial charge >= 0.3 is 0 Å². The highest BCUT2D eigenvalue weighted by atomic mass is 14.7. The molecule has 0 aliphatic rings. The highest BCUT2D eigenvalue weighted by molar-refractivity contribution is 6.13. The SMILES string of the molecule is C=Cc1c(-c2ccccc2CC)nc2c(ccc3ccccc32)c1-c1cccc(-c2cc(-c3cc(-c4ccccc4)cc(-c4ccccc4)c3)cc(-c3cc(-c4ccccc4)cc(-c4ccccc4)c3)c2)c1. The molecule has 0 N–H and O–H groups in total. The molecular weight excluding hydrogens is 867 g/mol. The molecule has 0 saturated heterocycles. The van der Waals surface area contributed by atoms with Crippen LogP contribution >= 0.6 is 0 Å². The van der Waals surface area contributed by atoms with Crippen LogP contribution in [0.3, 0.4) is 0 Å². The Morgan fingerprint density at radius 3 is 1.18 bits per heavy atom. The number of benzene rings is 11. The van der Waals surface area contributed by atoms with Crippen LogP contribution in [0, 0.1) is 0 Å². The lowest BCUT2D eigenvalue weighted by Gasteiger charge is -2.19. The summed E-state index contributed by atoms with van der Waals surface area (Å²) in [4.78, 5) is 5.55. The standard InChI is InChI=1S/C71H51N/c1-3-48-22-17-19-34-66(48)70-65(4-2)69(68-37-36-53-31-18-20-35-67(53)71(68)72-70)55-33-21-32-54(38-55)60-45-63(61-41-56(49-23-9-5-10-24-49)39-57(42-61)50-25-11-6-12-26-50)47-64(46-60)62-43-58(51-27-13-7-14-28-51)40-59(44-62)52-29-15-8-16-30-52/h4-47H,2-3H2,1H3. The summed E-state index contributed by atoms with van der Waals surface area (Å²) in [6.07, 6.45) is 2.91. The number of aromatic nitrogens is 1. The van der Waals surface area contributed by atoms with Crippen molar-refractivity contribution in [2.75, 3.05) is 0 Å². The van der Waals surface area contributed by atoms with E-state index in [0.29, 0.717) is 0 Å². The zero-order valence-electron chi connectivity index (χ0n) is 40.3. The Labute approximate surface area is 422 Å². The monoisotopic (exact) mass is 917 g/mol. The van der Waals surface area contributed by atoms with Gasteiger partial charge in [0.25, 0.3) is 0 Å². The van der Waals surface area contributed by atoms with Gasteiger partial charge < -0.3 is 0 Å². The van der Waals surface area contributed by atoms with Crippen molar-refractivity contribution >= 4 is 27.8 Å². The van der Waals surface area contributed by atoms with Crippen molar-refractivity contribution in [3.63, 3.8) is 0 Å². The van der Waals surface area contributed by atoms with Crippen LogP contribution in [-0.2, 0) is 6.42 Å². The maximum atomic E-state index is 5.55. The molecule has 0 fully saturated rings. The first kappa shape index (κ1) is 44.1. The van der Waals surface area contributed by atoms with Gasteiger partial charge in [-0.15, -0.1) is 0 Å². The van der Waals surface area contributed by atoms with Gasteiger partial charge in [-0.25, -0.2) is 4.98 Å². The molecule has 0 atom stereocenters. The molecule has 0 spiro atoms. The van der Waals surface area contributed by atoms with Gasteiger partial charge in [0.15, 0.2) is 0 Å². The lowest BCUT2D eigenvalue weighted by Crippen LogP contribution is -1.99. The van der Waals surface area contributed by atoms with Crippen molar-refractivity contribution in [2.24, 2.45) is 0 Å². The molecule has 12 rings (SSSR count). The van der Waals surface area contributed by atoms with E-state index in [0.717, 1.165) is 84.0 Å². The quantitative estimate of drug-likeness (QED) is 0.118. The highest BCUT2D eigenvalue weighted by Crippen LogP contribution is 2.44. The van der Waals surface area contributed by atoms with Gasteiger partial charge in [0.05, 0.1) is 11.2 Å². The Balaban J connectivity index is 1.12. The van der Waals surface area contributed by atoms with Crippen molar-refractivity contribution in [3.8, 4) is 100 Å². The van der Waals surface area contributed by atoms with Crippen molar-refractivity contribution in [1.82, 2.24) is 4.98 Å². The van der Waals surface area contributed by atoms with Crippen LogP contribution in [0.4, 0.5) is 0 Å². The summed E-state index contributed by atoms with van der Waals surface area (Å²) in [5.74, 6) is 0. The van der Waals surface area contributed by atoms with Crippen LogP contribution in [-0.4, -0.2) is 4.98 Å². The molecule has 12 aromatic rings. The van der Waals surface area contributed by atoms with E-state index < -0.39 is 0 Å². The van der Waals surface area contributed by atoms with E-state index in [-0.39, 0.29) is 0 Å². The third kappa shape index (κ3) is 8.52. The van der Waals surface area contributed by atoms with Crippen LogP contribution in [0.15, 0.2) is 267 Å². The summed E-state index contributed by atoms with van der Waals surface area (Å²) in [5.41, 5.74) is 23.9. The van der Waals surface area contributed by atoms with Crippen LogP contribution in [0.5, 0.6) is 0 Å². The minimum absolute atomic E-state index is 0.897. The molecule has 0 radical (unpaired) electrons. The van der Waals surface area contributed by atoms with Gasteiger partial charge in [0.2, 0.25) is 0 Å². The fourth-order valence-corrected chi connectivity index (χ4v) is 10.5. The van der Waals surface area contributed by atoms with Crippen LogP contribution in [0.2, 0.25) is 0 Å². The fourth-order valence-electron chi connectivity index (χ4n) is 10.5. The topological polar surface area (TPSA) is 12.9 Å². The molecule has 0 unspecified atom stereocenters. The largest absolute Gasteiger partial charge is 0.246 e. The number of rotatable bonds is 11. The van der Waals surface area contributed by atoms with E-state index in [4.69, 9.17) is 4.98 Å². The number of hydrogen-bond donors (Lipinski definition) is 0. The predicted molar refractivity (Wildman–Crippen MR) is 308 cm³/mol. The molecule has 0 amide bonds. The summed E-state index contributed by atoms with van der Waals surface area (Å²) in [7, 11) is 0. The zero-order chi connectivity index (χ0) is 48.4. The second-order valence-electron chi connectivity index (χ2n) is 18.6. The number of hydrogen-bond acceptors (Lipinski definition) is 1. The van der Waals surface area contributed by atoms with Gasteiger partial charge in [-0.3, -0.25) is 0 Å². The molecule has 0 bridgehead atoms. The lowest BCUT2D eigenvalue weighted by molar-refractivity contribution is 1.14. The van der Waals surface area contributed by atoms with E-state index in [1.807, 2.05) is 6.08 Å². The molecule has 1 heterocycles. The third-order valence-electron chi connectivity index (χ3n) is 14.2. The second-order valence-corrected chi connectivity index (χ2v) is 18.6. The molecule has 340 valence electrons. The van der Waals surface area contributed by atoms with Crippen molar-refractivity contribution in [3.05, 3.63) is 279 Å². The first-order chi connectivity index (χ1) is 35.6. The van der Waals surface area contributed by atoms with E-state index in [9.17, 15) is 0 Å². The Morgan fingerprint density at radius 2 is 0.708 bits per heavy atom. The molecular formula is C71H51N. The van der Waals surface area contributed by atoms with E-state index in [2.05, 4.69) is 274 Å². The maximum absolute atomic E-state index is 5.55. The van der Waals surface area contributed by atoms with Gasteiger partial charge in [0.1, 0.15) is 0 Å². The molecule has 1 heteroatoms. The Hall–Kier alpha value is -9.17. The average Bonchev–Trinajstić information content (AvgIpc) is 3.47. The Kier molecular flexibility index (Phi) is 11.8. The summed E-state index contributed by atoms with van der Waals surface area (Å²) < 4.78 is 0.